The van der Waals surface area contributed by atoms with Crippen LogP contribution in [0.25, 0.3) is 22.3 Å². The topological polar surface area (TPSA) is 18.5 Å². The predicted octanol–water partition coefficient (Wildman–Crippen LogP) is 10.0. The molecule has 0 radical (unpaired) electrons. The molecule has 4 aromatic rings. The van der Waals surface area contributed by atoms with E-state index in [1.54, 1.807) is 48.5 Å². The predicted molar refractivity (Wildman–Crippen MR) is 151 cm³/mol. The molecule has 0 amide bonds. The van der Waals surface area contributed by atoms with E-state index in [2.05, 4.69) is 6.92 Å². The Kier molecular flexibility index (Phi) is 10.6. The maximum absolute atomic E-state index is 14.5. The highest BCUT2D eigenvalue weighted by Crippen LogP contribution is 2.28. The molecular weight excluding hydrogens is 516 g/mol. The molecule has 210 valence electrons. The van der Waals surface area contributed by atoms with E-state index in [0.717, 1.165) is 38.5 Å². The first-order chi connectivity index (χ1) is 19.4. The Hall–Kier alpha value is -3.80. The van der Waals surface area contributed by atoms with E-state index in [1.807, 2.05) is 0 Å². The van der Waals surface area contributed by atoms with Gasteiger partial charge in [0.15, 0.2) is 0 Å². The largest absolute Gasteiger partial charge is 0.493 e. The molecule has 0 aliphatic rings. The molecule has 4 aromatic carbocycles. The Balaban J connectivity index is 1.07. The van der Waals surface area contributed by atoms with Gasteiger partial charge in [0.1, 0.15) is 34.8 Å². The van der Waals surface area contributed by atoms with Gasteiger partial charge in [-0.15, -0.1) is 0 Å². The zero-order valence-corrected chi connectivity index (χ0v) is 22.6. The Morgan fingerprint density at radius 3 is 1.30 bits per heavy atom. The van der Waals surface area contributed by atoms with E-state index in [1.165, 1.54) is 36.4 Å². The first-order valence-electron chi connectivity index (χ1n) is 13.8. The molecule has 0 saturated heterocycles. The van der Waals surface area contributed by atoms with Crippen LogP contribution in [0, 0.1) is 29.2 Å². The van der Waals surface area contributed by atoms with Crippen LogP contribution in [0.15, 0.2) is 84.9 Å². The maximum atomic E-state index is 14.5. The number of hydrogen-bond donors (Lipinski definition) is 0. The summed E-state index contributed by atoms with van der Waals surface area (Å²) in [6, 6.07) is 21.0. The van der Waals surface area contributed by atoms with Gasteiger partial charge in [-0.25, -0.2) is 17.6 Å². The molecule has 6 heteroatoms. The number of benzene rings is 4. The molecule has 0 saturated carbocycles. The van der Waals surface area contributed by atoms with Crippen LogP contribution in [0.5, 0.6) is 11.5 Å². The normalized spacial score (nSPS) is 11.2. The van der Waals surface area contributed by atoms with Crippen molar-refractivity contribution in [3.8, 4) is 33.8 Å². The standard InChI is InChI=1S/C34H34F4O2/c1-24(6-2-4-20-39-29-16-18-31(33(37)22-29)25-8-12-27(35)13-9-25)7-3-5-21-40-30-17-19-32(34(38)23-30)26-10-14-28(36)15-11-26/h8-19,22-24H,2-7,20-21H2,1H3. The Morgan fingerprint density at radius 2 is 0.925 bits per heavy atom. The zero-order chi connectivity index (χ0) is 28.3. The van der Waals surface area contributed by atoms with Gasteiger partial charge in [-0.1, -0.05) is 44.0 Å². The summed E-state index contributed by atoms with van der Waals surface area (Å²) < 4.78 is 66.6. The SMILES string of the molecule is CC(CCCCOc1ccc(-c2ccc(F)cc2)c(F)c1)CCCCOc1ccc(-c2ccc(F)cc2)c(F)c1. The second-order valence-corrected chi connectivity index (χ2v) is 10.1. The average molecular weight is 551 g/mol. The van der Waals surface area contributed by atoms with Crippen molar-refractivity contribution in [3.05, 3.63) is 108 Å². The monoisotopic (exact) mass is 550 g/mol. The van der Waals surface area contributed by atoms with Crippen molar-refractivity contribution in [2.45, 2.75) is 45.4 Å². The number of hydrogen-bond acceptors (Lipinski definition) is 2. The summed E-state index contributed by atoms with van der Waals surface area (Å²) in [5.41, 5.74) is 2.08. The van der Waals surface area contributed by atoms with Gasteiger partial charge < -0.3 is 9.47 Å². The quantitative estimate of drug-likeness (QED) is 0.115. The van der Waals surface area contributed by atoms with E-state index in [0.29, 0.717) is 52.9 Å². The van der Waals surface area contributed by atoms with E-state index in [4.69, 9.17) is 9.47 Å². The second-order valence-electron chi connectivity index (χ2n) is 10.1. The molecule has 0 bridgehead atoms. The fraction of sp³-hybridized carbons (Fsp3) is 0.294. The maximum Gasteiger partial charge on any atom is 0.134 e. The number of rotatable bonds is 14. The fourth-order valence-corrected chi connectivity index (χ4v) is 4.61. The van der Waals surface area contributed by atoms with Crippen molar-refractivity contribution in [1.82, 2.24) is 0 Å². The van der Waals surface area contributed by atoms with E-state index < -0.39 is 11.6 Å². The van der Waals surface area contributed by atoms with Gasteiger partial charge in [0.05, 0.1) is 13.2 Å². The number of unbranched alkanes of at least 4 members (excludes halogenated alkanes) is 2. The average Bonchev–Trinajstić information content (AvgIpc) is 2.94. The number of halogens is 4. The second kappa shape index (κ2) is 14.5. The Bertz CT molecular complexity index is 1250. The van der Waals surface area contributed by atoms with Gasteiger partial charge >= 0.3 is 0 Å². The Morgan fingerprint density at radius 1 is 0.525 bits per heavy atom. The summed E-state index contributed by atoms with van der Waals surface area (Å²) in [6.07, 6.45) is 5.97. The van der Waals surface area contributed by atoms with Crippen molar-refractivity contribution in [1.29, 1.82) is 0 Å². The first-order valence-corrected chi connectivity index (χ1v) is 13.8. The summed E-state index contributed by atoms with van der Waals surface area (Å²) in [5.74, 6) is 0.0477. The van der Waals surface area contributed by atoms with Crippen molar-refractivity contribution >= 4 is 0 Å². The lowest BCUT2D eigenvalue weighted by Gasteiger charge is -2.13. The molecule has 40 heavy (non-hydrogen) atoms. The molecule has 0 N–H and O–H groups in total. The van der Waals surface area contributed by atoms with Crippen LogP contribution in [-0.2, 0) is 0 Å². The van der Waals surface area contributed by atoms with Crippen molar-refractivity contribution in [2.75, 3.05) is 13.2 Å². The molecule has 0 atom stereocenters. The lowest BCUT2D eigenvalue weighted by molar-refractivity contribution is 0.289. The minimum Gasteiger partial charge on any atom is -0.493 e. The van der Waals surface area contributed by atoms with Crippen LogP contribution in [0.3, 0.4) is 0 Å². The molecule has 0 aliphatic heterocycles. The lowest BCUT2D eigenvalue weighted by atomic mass is 9.98. The minimum absolute atomic E-state index is 0.354. The summed E-state index contributed by atoms with van der Waals surface area (Å²) >= 11 is 0. The van der Waals surface area contributed by atoms with Gasteiger partial charge in [0.2, 0.25) is 0 Å². The molecular formula is C34H34F4O2. The lowest BCUT2D eigenvalue weighted by Crippen LogP contribution is -2.02. The summed E-state index contributed by atoms with van der Waals surface area (Å²) in [7, 11) is 0. The molecule has 0 aromatic heterocycles. The van der Waals surface area contributed by atoms with E-state index in [9.17, 15) is 17.6 Å². The molecule has 4 rings (SSSR count). The number of ether oxygens (including phenoxy) is 2. The van der Waals surface area contributed by atoms with Crippen LogP contribution < -0.4 is 9.47 Å². The van der Waals surface area contributed by atoms with Crippen LogP contribution in [-0.4, -0.2) is 13.2 Å². The molecule has 0 aliphatic carbocycles. The highest BCUT2D eigenvalue weighted by Gasteiger charge is 2.09. The van der Waals surface area contributed by atoms with Gasteiger partial charge in [-0.3, -0.25) is 0 Å². The van der Waals surface area contributed by atoms with Gasteiger partial charge in [0, 0.05) is 23.3 Å². The highest BCUT2D eigenvalue weighted by molar-refractivity contribution is 5.65. The van der Waals surface area contributed by atoms with Gasteiger partial charge in [-0.2, -0.15) is 0 Å². The molecule has 0 spiro atoms. The summed E-state index contributed by atoms with van der Waals surface area (Å²) in [6.45, 7) is 3.27. The fourth-order valence-electron chi connectivity index (χ4n) is 4.61. The van der Waals surface area contributed by atoms with Gasteiger partial charge in [0.25, 0.3) is 0 Å². The minimum atomic E-state index is -0.395. The van der Waals surface area contributed by atoms with Crippen LogP contribution in [0.4, 0.5) is 17.6 Å². The first kappa shape index (κ1) is 29.2. The van der Waals surface area contributed by atoms with Crippen LogP contribution in [0.2, 0.25) is 0 Å². The molecule has 0 unspecified atom stereocenters. The summed E-state index contributed by atoms with van der Waals surface area (Å²) in [4.78, 5) is 0. The van der Waals surface area contributed by atoms with Crippen LogP contribution >= 0.6 is 0 Å². The van der Waals surface area contributed by atoms with Crippen molar-refractivity contribution in [3.63, 3.8) is 0 Å². The molecule has 0 fully saturated rings. The highest BCUT2D eigenvalue weighted by atomic mass is 19.1. The molecule has 0 heterocycles. The Labute approximate surface area is 233 Å². The van der Waals surface area contributed by atoms with E-state index in [-0.39, 0.29) is 11.6 Å². The molecule has 2 nitrogen and oxygen atoms in total. The summed E-state index contributed by atoms with van der Waals surface area (Å²) in [5, 5.41) is 0. The van der Waals surface area contributed by atoms with Crippen molar-refractivity contribution < 1.29 is 27.0 Å². The van der Waals surface area contributed by atoms with Crippen molar-refractivity contribution in [2.24, 2.45) is 5.92 Å². The smallest absolute Gasteiger partial charge is 0.134 e. The third kappa shape index (κ3) is 8.60. The van der Waals surface area contributed by atoms with E-state index >= 15 is 0 Å². The zero-order valence-electron chi connectivity index (χ0n) is 22.6. The van der Waals surface area contributed by atoms with Crippen LogP contribution in [0.1, 0.15) is 45.4 Å². The third-order valence-corrected chi connectivity index (χ3v) is 6.91. The third-order valence-electron chi connectivity index (χ3n) is 6.91. The van der Waals surface area contributed by atoms with Gasteiger partial charge in [-0.05, 0) is 91.3 Å².